The minimum absolute atomic E-state index is 0.140. The normalized spacial score (nSPS) is 19.4. The third kappa shape index (κ3) is 4.08. The van der Waals surface area contributed by atoms with Crippen LogP contribution < -0.4 is 10.2 Å². The van der Waals surface area contributed by atoms with Crippen LogP contribution in [-0.2, 0) is 25.7 Å². The number of aliphatic imine (C=N–C) groups is 1. The van der Waals surface area contributed by atoms with E-state index in [0.717, 1.165) is 47.1 Å². The Kier molecular flexibility index (Phi) is 5.58. The van der Waals surface area contributed by atoms with E-state index in [1.807, 2.05) is 11.1 Å². The smallest absolute Gasteiger partial charge is 0.347 e. The molecule has 0 saturated carbocycles. The van der Waals surface area contributed by atoms with Crippen molar-refractivity contribution in [3.05, 3.63) is 22.6 Å². The van der Waals surface area contributed by atoms with Crippen molar-refractivity contribution in [2.75, 3.05) is 24.5 Å². The molecule has 3 aromatic heterocycles. The van der Waals surface area contributed by atoms with E-state index in [4.69, 9.17) is 4.98 Å². The second kappa shape index (κ2) is 8.39. The van der Waals surface area contributed by atoms with Crippen molar-refractivity contribution in [1.29, 1.82) is 0 Å². The van der Waals surface area contributed by atoms with Crippen LogP contribution in [0.2, 0.25) is 0 Å². The molecule has 170 valence electrons. The highest BCUT2D eigenvalue weighted by Crippen LogP contribution is 2.36. The van der Waals surface area contributed by atoms with Crippen LogP contribution in [0.1, 0.15) is 36.3 Å². The van der Waals surface area contributed by atoms with Crippen LogP contribution in [0, 0.1) is 5.92 Å². The number of thiophene rings is 1. The van der Waals surface area contributed by atoms with E-state index in [1.54, 1.807) is 11.3 Å². The highest BCUT2D eigenvalue weighted by Gasteiger charge is 2.39. The van der Waals surface area contributed by atoms with E-state index < -0.39 is 12.0 Å². The molecule has 1 unspecified atom stereocenters. The van der Waals surface area contributed by atoms with Gasteiger partial charge in [0.15, 0.2) is 5.82 Å². The molecule has 5 heterocycles. The van der Waals surface area contributed by atoms with Crippen LogP contribution in [0.4, 0.5) is 24.9 Å². The van der Waals surface area contributed by atoms with Crippen LogP contribution in [0.25, 0.3) is 10.2 Å². The third-order valence-corrected chi connectivity index (χ3v) is 6.80. The summed E-state index contributed by atoms with van der Waals surface area (Å²) in [5, 5.41) is 11.4. The molecule has 2 aliphatic heterocycles. The number of alkyl halides is 3. The second-order valence-electron chi connectivity index (χ2n) is 8.07. The van der Waals surface area contributed by atoms with Crippen molar-refractivity contribution < 1.29 is 13.2 Å². The maximum absolute atomic E-state index is 13.2. The molecule has 2 aliphatic rings. The lowest BCUT2D eigenvalue weighted by Crippen LogP contribution is -2.36. The lowest BCUT2D eigenvalue weighted by atomic mass is 10.1. The number of halogens is 3. The predicted octanol–water partition coefficient (Wildman–Crippen LogP) is 3.59. The quantitative estimate of drug-likeness (QED) is 0.581. The van der Waals surface area contributed by atoms with Crippen LogP contribution in [0.15, 0.2) is 11.1 Å². The largest absolute Gasteiger partial charge is 0.451 e. The van der Waals surface area contributed by atoms with Crippen molar-refractivity contribution in [3.63, 3.8) is 0 Å². The Morgan fingerprint density at radius 3 is 2.91 bits per heavy atom. The molecule has 0 aliphatic carbocycles. The van der Waals surface area contributed by atoms with Crippen LogP contribution in [0.3, 0.4) is 0 Å². The van der Waals surface area contributed by atoms with Crippen molar-refractivity contribution in [2.45, 2.75) is 45.5 Å². The minimum Gasteiger partial charge on any atom is -0.347 e. The molecular formula is C20H23F3N8S. The molecule has 12 heteroatoms. The second-order valence-corrected chi connectivity index (χ2v) is 9.19. The number of hydrogen-bond donors (Lipinski definition) is 1. The van der Waals surface area contributed by atoms with E-state index in [9.17, 15) is 13.2 Å². The van der Waals surface area contributed by atoms with Gasteiger partial charge in [-0.2, -0.15) is 23.1 Å². The molecule has 8 nitrogen and oxygen atoms in total. The molecule has 0 aromatic carbocycles. The van der Waals surface area contributed by atoms with Gasteiger partial charge in [-0.05, 0) is 25.5 Å². The Balaban J connectivity index is 1.51. The van der Waals surface area contributed by atoms with Gasteiger partial charge in [0.25, 0.3) is 5.95 Å². The molecule has 32 heavy (non-hydrogen) atoms. The van der Waals surface area contributed by atoms with Gasteiger partial charge in [0.2, 0.25) is 5.82 Å². The Morgan fingerprint density at radius 1 is 1.28 bits per heavy atom. The average Bonchev–Trinajstić information content (AvgIpc) is 3.49. The fraction of sp³-hybridized carbons (Fsp3) is 0.550. The fourth-order valence-electron chi connectivity index (χ4n) is 4.14. The van der Waals surface area contributed by atoms with E-state index in [0.29, 0.717) is 24.2 Å². The number of aryl methyl sites for hydroxylation is 1. The minimum atomic E-state index is -4.52. The van der Waals surface area contributed by atoms with Crippen LogP contribution in [-0.4, -0.2) is 50.6 Å². The molecule has 1 atom stereocenters. The number of anilines is 1. The molecule has 0 bridgehead atoms. The SMILES string of the molecule is CCCc1cc2c(N3CCn4c(nnc4C(F)(F)F)C3)nc(N=CC3CCNC3)nc2s1. The van der Waals surface area contributed by atoms with E-state index >= 15 is 0 Å². The molecule has 0 spiro atoms. The van der Waals surface area contributed by atoms with Gasteiger partial charge in [-0.15, -0.1) is 21.5 Å². The molecule has 0 amide bonds. The molecule has 0 radical (unpaired) electrons. The number of fused-ring (bicyclic) bond motifs is 2. The Hall–Kier alpha value is -2.60. The number of nitrogens with one attached hydrogen (secondary N) is 1. The number of aromatic nitrogens is 5. The monoisotopic (exact) mass is 464 g/mol. The van der Waals surface area contributed by atoms with Gasteiger partial charge in [0, 0.05) is 36.6 Å². The summed E-state index contributed by atoms with van der Waals surface area (Å²) in [6.07, 6.45) is 0.364. The highest BCUT2D eigenvalue weighted by molar-refractivity contribution is 7.18. The van der Waals surface area contributed by atoms with Gasteiger partial charge in [0.1, 0.15) is 10.6 Å². The van der Waals surface area contributed by atoms with Gasteiger partial charge in [-0.3, -0.25) is 0 Å². The number of rotatable bonds is 5. The number of hydrogen-bond acceptors (Lipinski definition) is 8. The average molecular weight is 465 g/mol. The summed E-state index contributed by atoms with van der Waals surface area (Å²) in [5.74, 6) is 0.754. The maximum Gasteiger partial charge on any atom is 0.451 e. The molecule has 1 N–H and O–H groups in total. The first kappa shape index (κ1) is 21.3. The summed E-state index contributed by atoms with van der Waals surface area (Å²) in [7, 11) is 0. The summed E-state index contributed by atoms with van der Waals surface area (Å²) in [5.41, 5.74) is 0. The molecule has 5 rings (SSSR count). The van der Waals surface area contributed by atoms with Crippen molar-refractivity contribution >= 4 is 39.5 Å². The topological polar surface area (TPSA) is 84.1 Å². The Bertz CT molecular complexity index is 1150. The zero-order chi connectivity index (χ0) is 22.3. The first-order valence-electron chi connectivity index (χ1n) is 10.7. The summed E-state index contributed by atoms with van der Waals surface area (Å²) < 4.78 is 40.8. The van der Waals surface area contributed by atoms with Crippen LogP contribution in [0.5, 0.6) is 0 Å². The van der Waals surface area contributed by atoms with Crippen molar-refractivity contribution in [1.82, 2.24) is 30.0 Å². The van der Waals surface area contributed by atoms with Gasteiger partial charge >= 0.3 is 6.18 Å². The molecule has 1 fully saturated rings. The summed E-state index contributed by atoms with van der Waals surface area (Å²) in [6.45, 7) is 4.70. The Morgan fingerprint density at radius 2 is 2.16 bits per heavy atom. The highest BCUT2D eigenvalue weighted by atomic mass is 32.1. The Labute approximate surface area is 186 Å². The fourth-order valence-corrected chi connectivity index (χ4v) is 5.26. The summed E-state index contributed by atoms with van der Waals surface area (Å²) in [6, 6.07) is 2.09. The molecule has 3 aromatic rings. The maximum atomic E-state index is 13.2. The molecule has 1 saturated heterocycles. The van der Waals surface area contributed by atoms with Gasteiger partial charge in [-0.1, -0.05) is 13.3 Å². The lowest BCUT2D eigenvalue weighted by Gasteiger charge is -2.29. The van der Waals surface area contributed by atoms with Crippen molar-refractivity contribution in [2.24, 2.45) is 10.9 Å². The summed E-state index contributed by atoms with van der Waals surface area (Å²) >= 11 is 1.62. The molecular weight excluding hydrogens is 441 g/mol. The zero-order valence-corrected chi connectivity index (χ0v) is 18.4. The first-order valence-corrected chi connectivity index (χ1v) is 11.5. The standard InChI is InChI=1S/C20H23F3N8S/c1-2-3-13-8-14-16(26-19(27-17(14)32-13)25-10-12-4-5-24-9-12)30-6-7-31-15(11-30)28-29-18(31)20(21,22)23/h8,10,12,24H,2-7,9,11H2,1H3. The van der Waals surface area contributed by atoms with Gasteiger partial charge in [-0.25, -0.2) is 4.99 Å². The zero-order valence-electron chi connectivity index (χ0n) is 17.6. The van der Waals surface area contributed by atoms with E-state index in [-0.39, 0.29) is 18.9 Å². The summed E-state index contributed by atoms with van der Waals surface area (Å²) in [4.78, 5) is 17.9. The van der Waals surface area contributed by atoms with Gasteiger partial charge in [0.05, 0.1) is 11.9 Å². The first-order chi connectivity index (χ1) is 15.4. The van der Waals surface area contributed by atoms with Crippen molar-refractivity contribution in [3.8, 4) is 0 Å². The van der Waals surface area contributed by atoms with Gasteiger partial charge < -0.3 is 14.8 Å². The lowest BCUT2D eigenvalue weighted by molar-refractivity contribution is -0.147. The van der Waals surface area contributed by atoms with E-state index in [2.05, 4.69) is 38.5 Å². The van der Waals surface area contributed by atoms with E-state index in [1.165, 1.54) is 4.88 Å². The number of nitrogens with zero attached hydrogens (tertiary/aromatic N) is 7. The van der Waals surface area contributed by atoms with Crippen LogP contribution >= 0.6 is 11.3 Å². The predicted molar refractivity (Wildman–Crippen MR) is 117 cm³/mol. The third-order valence-electron chi connectivity index (χ3n) is 5.71.